The number of cyclic esters (lactones) is 2. The standard InChI is InChI=1S/C9H12O4/c1-6-4-9(2-3-12-6)5-7(10)13-8(9)11/h6H,2-5H2,1H3. The van der Waals surface area contributed by atoms with E-state index in [-0.39, 0.29) is 24.5 Å². The van der Waals surface area contributed by atoms with E-state index in [0.717, 1.165) is 0 Å². The topological polar surface area (TPSA) is 52.6 Å². The molecule has 2 heterocycles. The highest BCUT2D eigenvalue weighted by atomic mass is 16.6. The zero-order valence-corrected chi connectivity index (χ0v) is 7.54. The quantitative estimate of drug-likeness (QED) is 0.409. The molecule has 0 radical (unpaired) electrons. The molecule has 0 aromatic heterocycles. The van der Waals surface area contributed by atoms with Gasteiger partial charge in [-0.15, -0.1) is 0 Å². The SMILES string of the molecule is CC1CC2(CCO1)CC(=O)OC2=O. The minimum atomic E-state index is -0.561. The molecule has 72 valence electrons. The molecular weight excluding hydrogens is 172 g/mol. The van der Waals surface area contributed by atoms with E-state index in [1.165, 1.54) is 0 Å². The zero-order valence-electron chi connectivity index (χ0n) is 7.54. The van der Waals surface area contributed by atoms with Gasteiger partial charge >= 0.3 is 11.9 Å². The van der Waals surface area contributed by atoms with Crippen molar-refractivity contribution < 1.29 is 19.1 Å². The van der Waals surface area contributed by atoms with Crippen LogP contribution in [0.3, 0.4) is 0 Å². The first-order chi connectivity index (χ1) is 6.12. The van der Waals surface area contributed by atoms with Crippen LogP contribution in [-0.2, 0) is 19.1 Å². The third-order valence-electron chi connectivity index (χ3n) is 2.78. The van der Waals surface area contributed by atoms with Crippen LogP contribution in [-0.4, -0.2) is 24.6 Å². The van der Waals surface area contributed by atoms with Crippen molar-refractivity contribution in [3.8, 4) is 0 Å². The summed E-state index contributed by atoms with van der Waals surface area (Å²) in [4.78, 5) is 22.4. The van der Waals surface area contributed by atoms with Crippen LogP contribution in [0.2, 0.25) is 0 Å². The second-order valence-corrected chi connectivity index (χ2v) is 3.85. The molecule has 0 amide bonds. The third kappa shape index (κ3) is 1.35. The highest BCUT2D eigenvalue weighted by Crippen LogP contribution is 2.42. The first-order valence-electron chi connectivity index (χ1n) is 4.49. The summed E-state index contributed by atoms with van der Waals surface area (Å²) in [7, 11) is 0. The molecule has 2 atom stereocenters. The first kappa shape index (κ1) is 8.69. The van der Waals surface area contributed by atoms with Gasteiger partial charge in [-0.25, -0.2) is 0 Å². The maximum atomic E-state index is 11.4. The smallest absolute Gasteiger partial charge is 0.320 e. The van der Waals surface area contributed by atoms with Crippen LogP contribution >= 0.6 is 0 Å². The average Bonchev–Trinajstić information content (AvgIpc) is 2.26. The molecule has 2 aliphatic rings. The molecule has 0 bridgehead atoms. The Labute approximate surface area is 76.2 Å². The predicted molar refractivity (Wildman–Crippen MR) is 42.8 cm³/mol. The Hall–Kier alpha value is -0.900. The fourth-order valence-electron chi connectivity index (χ4n) is 2.11. The highest BCUT2D eigenvalue weighted by molar-refractivity contribution is 5.97. The van der Waals surface area contributed by atoms with Crippen LogP contribution in [0.15, 0.2) is 0 Å². The van der Waals surface area contributed by atoms with E-state index < -0.39 is 5.41 Å². The van der Waals surface area contributed by atoms with Gasteiger partial charge < -0.3 is 9.47 Å². The summed E-state index contributed by atoms with van der Waals surface area (Å²) >= 11 is 0. The first-order valence-corrected chi connectivity index (χ1v) is 4.49. The van der Waals surface area contributed by atoms with E-state index in [9.17, 15) is 9.59 Å². The number of ether oxygens (including phenoxy) is 2. The van der Waals surface area contributed by atoms with Crippen molar-refractivity contribution >= 4 is 11.9 Å². The van der Waals surface area contributed by atoms with Crippen molar-refractivity contribution in [1.29, 1.82) is 0 Å². The van der Waals surface area contributed by atoms with Crippen LogP contribution in [0, 0.1) is 5.41 Å². The predicted octanol–water partition coefficient (Wildman–Crippen LogP) is 0.645. The summed E-state index contributed by atoms with van der Waals surface area (Å²) in [6.07, 6.45) is 1.51. The molecule has 1 spiro atoms. The Morgan fingerprint density at radius 1 is 1.46 bits per heavy atom. The molecule has 13 heavy (non-hydrogen) atoms. The second-order valence-electron chi connectivity index (χ2n) is 3.85. The molecule has 2 fully saturated rings. The number of rotatable bonds is 0. The fraction of sp³-hybridized carbons (Fsp3) is 0.778. The Balaban J connectivity index is 2.19. The third-order valence-corrected chi connectivity index (χ3v) is 2.78. The van der Waals surface area contributed by atoms with Gasteiger partial charge in [0.15, 0.2) is 0 Å². The van der Waals surface area contributed by atoms with E-state index in [2.05, 4.69) is 4.74 Å². The Morgan fingerprint density at radius 2 is 2.23 bits per heavy atom. The summed E-state index contributed by atoms with van der Waals surface area (Å²) in [5.41, 5.74) is -0.561. The van der Waals surface area contributed by atoms with Crippen molar-refractivity contribution in [3.05, 3.63) is 0 Å². The lowest BCUT2D eigenvalue weighted by atomic mass is 9.77. The van der Waals surface area contributed by atoms with Gasteiger partial charge in [-0.1, -0.05) is 0 Å². The van der Waals surface area contributed by atoms with Crippen molar-refractivity contribution in [2.75, 3.05) is 6.61 Å². The van der Waals surface area contributed by atoms with Gasteiger partial charge in [0.1, 0.15) is 0 Å². The summed E-state index contributed by atoms with van der Waals surface area (Å²) < 4.78 is 9.90. The summed E-state index contributed by atoms with van der Waals surface area (Å²) in [6.45, 7) is 2.46. The fourth-order valence-corrected chi connectivity index (χ4v) is 2.11. The van der Waals surface area contributed by atoms with E-state index in [1.54, 1.807) is 0 Å². The molecule has 0 aromatic carbocycles. The van der Waals surface area contributed by atoms with Crippen molar-refractivity contribution in [1.82, 2.24) is 0 Å². The van der Waals surface area contributed by atoms with Crippen LogP contribution in [0.5, 0.6) is 0 Å². The number of hydrogen-bond donors (Lipinski definition) is 0. The van der Waals surface area contributed by atoms with Crippen molar-refractivity contribution in [2.45, 2.75) is 32.3 Å². The lowest BCUT2D eigenvalue weighted by Crippen LogP contribution is -2.37. The Morgan fingerprint density at radius 3 is 2.77 bits per heavy atom. The number of carbonyl (C=O) groups excluding carboxylic acids is 2. The van der Waals surface area contributed by atoms with Gasteiger partial charge in [-0.05, 0) is 19.8 Å². The molecular formula is C9H12O4. The normalized spacial score (nSPS) is 39.6. The molecule has 0 aliphatic carbocycles. The molecule has 2 rings (SSSR count). The minimum Gasteiger partial charge on any atom is -0.393 e. The summed E-state index contributed by atoms with van der Waals surface area (Å²) in [5.74, 6) is -0.744. The largest absolute Gasteiger partial charge is 0.393 e. The number of esters is 2. The summed E-state index contributed by atoms with van der Waals surface area (Å²) in [6, 6.07) is 0. The lowest BCUT2D eigenvalue weighted by Gasteiger charge is -2.32. The molecule has 2 saturated heterocycles. The maximum absolute atomic E-state index is 11.4. The van der Waals surface area contributed by atoms with Crippen molar-refractivity contribution in [2.24, 2.45) is 5.41 Å². The second kappa shape index (κ2) is 2.80. The van der Waals surface area contributed by atoms with E-state index in [4.69, 9.17) is 4.74 Å². The molecule has 0 aromatic rings. The molecule has 4 heteroatoms. The van der Waals surface area contributed by atoms with Gasteiger partial charge in [-0.2, -0.15) is 0 Å². The van der Waals surface area contributed by atoms with Crippen LogP contribution < -0.4 is 0 Å². The van der Waals surface area contributed by atoms with Gasteiger partial charge in [0.25, 0.3) is 0 Å². The van der Waals surface area contributed by atoms with Gasteiger partial charge in [0, 0.05) is 6.61 Å². The molecule has 0 N–H and O–H groups in total. The molecule has 2 aliphatic heterocycles. The van der Waals surface area contributed by atoms with Gasteiger partial charge in [0.2, 0.25) is 0 Å². The Kier molecular flexibility index (Phi) is 1.87. The van der Waals surface area contributed by atoms with Crippen LogP contribution in [0.1, 0.15) is 26.2 Å². The minimum absolute atomic E-state index is 0.0483. The average molecular weight is 184 g/mol. The molecule has 0 saturated carbocycles. The Bertz CT molecular complexity index is 260. The maximum Gasteiger partial charge on any atom is 0.320 e. The molecule has 4 nitrogen and oxygen atoms in total. The zero-order chi connectivity index (χ0) is 9.47. The van der Waals surface area contributed by atoms with E-state index >= 15 is 0 Å². The van der Waals surface area contributed by atoms with Crippen molar-refractivity contribution in [3.63, 3.8) is 0 Å². The van der Waals surface area contributed by atoms with Gasteiger partial charge in [-0.3, -0.25) is 9.59 Å². The monoisotopic (exact) mass is 184 g/mol. The van der Waals surface area contributed by atoms with Crippen LogP contribution in [0.4, 0.5) is 0 Å². The van der Waals surface area contributed by atoms with E-state index in [0.29, 0.717) is 19.4 Å². The number of carbonyl (C=O) groups is 2. The number of hydrogen-bond acceptors (Lipinski definition) is 4. The summed E-state index contributed by atoms with van der Waals surface area (Å²) in [5, 5.41) is 0. The van der Waals surface area contributed by atoms with E-state index in [1.807, 2.05) is 6.92 Å². The van der Waals surface area contributed by atoms with Crippen LogP contribution in [0.25, 0.3) is 0 Å². The molecule has 2 unspecified atom stereocenters. The highest BCUT2D eigenvalue weighted by Gasteiger charge is 2.51. The van der Waals surface area contributed by atoms with Gasteiger partial charge in [0.05, 0.1) is 17.9 Å². The lowest BCUT2D eigenvalue weighted by molar-refractivity contribution is -0.158.